The molecule has 0 bridgehead atoms. The van der Waals surface area contributed by atoms with E-state index >= 15 is 0 Å². The van der Waals surface area contributed by atoms with Crippen LogP contribution in [0.15, 0.2) is 36.5 Å². The average molecular weight is 408 g/mol. The molecular formula is C20H23F3N4O2. The van der Waals surface area contributed by atoms with Crippen molar-refractivity contribution >= 4 is 11.8 Å². The van der Waals surface area contributed by atoms with Crippen molar-refractivity contribution in [1.29, 1.82) is 0 Å². The van der Waals surface area contributed by atoms with Crippen molar-refractivity contribution in [3.8, 4) is 5.69 Å². The van der Waals surface area contributed by atoms with Gasteiger partial charge in [0.25, 0.3) is 5.91 Å². The van der Waals surface area contributed by atoms with Crippen molar-refractivity contribution in [1.82, 2.24) is 20.0 Å². The zero-order valence-electron chi connectivity index (χ0n) is 16.1. The van der Waals surface area contributed by atoms with E-state index in [2.05, 4.69) is 10.4 Å². The highest BCUT2D eigenvalue weighted by atomic mass is 19.4. The van der Waals surface area contributed by atoms with E-state index in [9.17, 15) is 22.8 Å². The molecule has 6 nitrogen and oxygen atoms in total. The number of nitrogens with zero attached hydrogens (tertiary/aromatic N) is 3. The summed E-state index contributed by atoms with van der Waals surface area (Å²) in [5, 5.41) is 6.39. The molecule has 1 aromatic carbocycles. The largest absolute Gasteiger partial charge is 0.435 e. The first-order chi connectivity index (χ1) is 13.8. The summed E-state index contributed by atoms with van der Waals surface area (Å²) in [6.45, 7) is 3.54. The van der Waals surface area contributed by atoms with Gasteiger partial charge in [-0.2, -0.15) is 18.3 Å². The molecule has 29 heavy (non-hydrogen) atoms. The van der Waals surface area contributed by atoms with Crippen LogP contribution in [0.5, 0.6) is 0 Å². The van der Waals surface area contributed by atoms with Gasteiger partial charge < -0.3 is 10.2 Å². The Morgan fingerprint density at radius 2 is 1.93 bits per heavy atom. The van der Waals surface area contributed by atoms with Gasteiger partial charge in [-0.3, -0.25) is 9.59 Å². The molecule has 1 unspecified atom stereocenters. The van der Waals surface area contributed by atoms with Gasteiger partial charge in [0, 0.05) is 31.4 Å². The third kappa shape index (κ3) is 4.96. The number of likely N-dealkylation sites (tertiary alicyclic amines) is 1. The average Bonchev–Trinajstić information content (AvgIpc) is 3.22. The Morgan fingerprint density at radius 3 is 2.55 bits per heavy atom. The van der Waals surface area contributed by atoms with Crippen LogP contribution in [0.1, 0.15) is 42.2 Å². The molecule has 1 saturated heterocycles. The lowest BCUT2D eigenvalue weighted by atomic mass is 9.96. The molecular weight excluding hydrogens is 385 g/mol. The van der Waals surface area contributed by atoms with Crippen LogP contribution >= 0.6 is 0 Å². The van der Waals surface area contributed by atoms with E-state index in [-0.39, 0.29) is 17.7 Å². The molecule has 3 rings (SSSR count). The van der Waals surface area contributed by atoms with Crippen molar-refractivity contribution < 1.29 is 22.8 Å². The normalized spacial score (nSPS) is 17.2. The first-order valence-corrected chi connectivity index (χ1v) is 9.60. The summed E-state index contributed by atoms with van der Waals surface area (Å²) in [6.07, 6.45) is -0.923. The third-order valence-electron chi connectivity index (χ3n) is 4.89. The summed E-state index contributed by atoms with van der Waals surface area (Å²) in [6, 6.07) is 7.13. The summed E-state index contributed by atoms with van der Waals surface area (Å²) in [5.74, 6) is -0.441. The number of benzene rings is 1. The fourth-order valence-corrected chi connectivity index (χ4v) is 3.33. The summed E-state index contributed by atoms with van der Waals surface area (Å²) in [4.78, 5) is 26.6. The first-order valence-electron chi connectivity index (χ1n) is 9.60. The van der Waals surface area contributed by atoms with Gasteiger partial charge in [0.2, 0.25) is 5.91 Å². The van der Waals surface area contributed by atoms with Gasteiger partial charge in [-0.1, -0.05) is 6.92 Å². The predicted molar refractivity (Wildman–Crippen MR) is 100 cm³/mol. The first kappa shape index (κ1) is 20.9. The molecule has 0 aliphatic carbocycles. The van der Waals surface area contributed by atoms with Gasteiger partial charge in [0.05, 0.1) is 11.6 Å². The molecule has 1 aliphatic heterocycles. The second kappa shape index (κ2) is 8.67. The van der Waals surface area contributed by atoms with Crippen molar-refractivity contribution in [2.75, 3.05) is 19.6 Å². The number of halogens is 3. The van der Waals surface area contributed by atoms with Gasteiger partial charge in [-0.25, -0.2) is 4.68 Å². The van der Waals surface area contributed by atoms with Crippen molar-refractivity contribution in [2.45, 2.75) is 32.4 Å². The van der Waals surface area contributed by atoms with Crippen molar-refractivity contribution in [3.63, 3.8) is 0 Å². The van der Waals surface area contributed by atoms with Crippen LogP contribution in [0.2, 0.25) is 0 Å². The standard InChI is InChI=1S/C20H23F3N4O2/c1-2-10-24-18(28)15-4-3-11-26(13-15)19(29)14-5-7-16(8-6-14)27-12-9-17(25-27)20(21,22)23/h5-9,12,15H,2-4,10-11,13H2,1H3,(H,24,28). The highest BCUT2D eigenvalue weighted by molar-refractivity contribution is 5.95. The topological polar surface area (TPSA) is 67.2 Å². The molecule has 1 atom stereocenters. The molecule has 1 aliphatic rings. The van der Waals surface area contributed by atoms with Gasteiger partial charge in [-0.05, 0) is 49.6 Å². The Balaban J connectivity index is 1.67. The number of rotatable bonds is 5. The molecule has 1 aromatic heterocycles. The summed E-state index contributed by atoms with van der Waals surface area (Å²) in [5.41, 5.74) is -0.127. The maximum absolute atomic E-state index is 12.8. The van der Waals surface area contributed by atoms with Gasteiger partial charge in [-0.15, -0.1) is 0 Å². The number of hydrogen-bond donors (Lipinski definition) is 1. The zero-order chi connectivity index (χ0) is 21.0. The van der Waals surface area contributed by atoms with E-state index in [1.165, 1.54) is 6.20 Å². The summed E-state index contributed by atoms with van der Waals surface area (Å²) < 4.78 is 39.2. The zero-order valence-corrected chi connectivity index (χ0v) is 16.1. The Labute approximate surface area is 166 Å². The minimum atomic E-state index is -4.50. The lowest BCUT2D eigenvalue weighted by molar-refractivity contribution is -0.141. The molecule has 2 aromatic rings. The van der Waals surface area contributed by atoms with Crippen LogP contribution in [0.25, 0.3) is 5.69 Å². The maximum Gasteiger partial charge on any atom is 0.435 e. The number of carbonyl (C=O) groups excluding carboxylic acids is 2. The smallest absolute Gasteiger partial charge is 0.356 e. The number of alkyl halides is 3. The molecule has 2 heterocycles. The van der Waals surface area contributed by atoms with E-state index in [4.69, 9.17) is 0 Å². The Bertz CT molecular complexity index is 861. The van der Waals surface area contributed by atoms with Crippen LogP contribution in [-0.2, 0) is 11.0 Å². The quantitative estimate of drug-likeness (QED) is 0.826. The molecule has 1 N–H and O–H groups in total. The summed E-state index contributed by atoms with van der Waals surface area (Å²) >= 11 is 0. The Kier molecular flexibility index (Phi) is 6.24. The van der Waals surface area contributed by atoms with Crippen LogP contribution in [0.3, 0.4) is 0 Å². The molecule has 0 saturated carbocycles. The minimum Gasteiger partial charge on any atom is -0.356 e. The highest BCUT2D eigenvalue weighted by Gasteiger charge is 2.33. The molecule has 1 fully saturated rings. The highest BCUT2D eigenvalue weighted by Crippen LogP contribution is 2.28. The predicted octanol–water partition coefficient (Wildman–Crippen LogP) is 3.27. The summed E-state index contributed by atoms with van der Waals surface area (Å²) in [7, 11) is 0. The van der Waals surface area contributed by atoms with E-state index in [0.29, 0.717) is 30.9 Å². The number of carbonyl (C=O) groups is 2. The van der Waals surface area contributed by atoms with Gasteiger partial charge in [0.15, 0.2) is 5.69 Å². The molecule has 156 valence electrons. The number of hydrogen-bond acceptors (Lipinski definition) is 3. The van der Waals surface area contributed by atoms with Gasteiger partial charge >= 0.3 is 6.18 Å². The lowest BCUT2D eigenvalue weighted by Gasteiger charge is -2.32. The monoisotopic (exact) mass is 408 g/mol. The second-order valence-electron chi connectivity index (χ2n) is 7.07. The van der Waals surface area contributed by atoms with E-state index in [1.807, 2.05) is 6.92 Å². The fraction of sp³-hybridized carbons (Fsp3) is 0.450. The third-order valence-corrected chi connectivity index (χ3v) is 4.89. The van der Waals surface area contributed by atoms with Crippen molar-refractivity contribution in [2.24, 2.45) is 5.92 Å². The van der Waals surface area contributed by atoms with Crippen LogP contribution < -0.4 is 5.32 Å². The SMILES string of the molecule is CCCNC(=O)C1CCCN(C(=O)c2ccc(-n3ccc(C(F)(F)F)n3)cc2)C1. The van der Waals surface area contributed by atoms with E-state index in [0.717, 1.165) is 30.0 Å². The van der Waals surface area contributed by atoms with Crippen LogP contribution in [0.4, 0.5) is 13.2 Å². The molecule has 2 amide bonds. The van der Waals surface area contributed by atoms with Crippen molar-refractivity contribution in [3.05, 3.63) is 47.8 Å². The van der Waals surface area contributed by atoms with E-state index < -0.39 is 11.9 Å². The Hall–Kier alpha value is -2.84. The minimum absolute atomic E-state index is 0.0288. The van der Waals surface area contributed by atoms with Crippen LogP contribution in [0, 0.1) is 5.92 Å². The molecule has 0 spiro atoms. The molecule has 0 radical (unpaired) electrons. The maximum atomic E-state index is 12.8. The van der Waals surface area contributed by atoms with E-state index in [1.54, 1.807) is 29.2 Å². The second-order valence-corrected chi connectivity index (χ2v) is 7.07. The number of nitrogens with one attached hydrogen (secondary N) is 1. The lowest BCUT2D eigenvalue weighted by Crippen LogP contribution is -2.45. The number of piperidine rings is 1. The fourth-order valence-electron chi connectivity index (χ4n) is 3.33. The molecule has 9 heteroatoms. The number of aromatic nitrogens is 2. The van der Waals surface area contributed by atoms with Gasteiger partial charge in [0.1, 0.15) is 0 Å². The van der Waals surface area contributed by atoms with Crippen LogP contribution in [-0.4, -0.2) is 46.1 Å². The Morgan fingerprint density at radius 1 is 1.21 bits per heavy atom. The number of amides is 2.